The van der Waals surface area contributed by atoms with E-state index in [1.165, 1.54) is 4.88 Å². The highest BCUT2D eigenvalue weighted by atomic mass is 35.5. The highest BCUT2D eigenvalue weighted by molar-refractivity contribution is 7.99. The number of nitrogens with zero attached hydrogens (tertiary/aromatic N) is 1. The second-order valence-corrected chi connectivity index (χ2v) is 7.05. The third-order valence-electron chi connectivity index (χ3n) is 3.01. The molecule has 3 nitrogen and oxygen atoms in total. The molecule has 0 saturated carbocycles. The van der Waals surface area contributed by atoms with Gasteiger partial charge in [0.15, 0.2) is 0 Å². The van der Waals surface area contributed by atoms with Gasteiger partial charge in [0.1, 0.15) is 0 Å². The Morgan fingerprint density at radius 2 is 2.44 bits per heavy atom. The first-order valence-corrected chi connectivity index (χ1v) is 8.28. The molecular formula is C12H16ClNO2S2. The van der Waals surface area contributed by atoms with E-state index < -0.39 is 0 Å². The smallest absolute Gasteiger partial charge is 0.232 e. The molecule has 0 aliphatic carbocycles. The third kappa shape index (κ3) is 3.63. The van der Waals surface area contributed by atoms with Crippen molar-refractivity contribution in [2.75, 3.05) is 18.9 Å². The van der Waals surface area contributed by atoms with Gasteiger partial charge >= 0.3 is 0 Å². The van der Waals surface area contributed by atoms with Gasteiger partial charge in [0.2, 0.25) is 5.91 Å². The van der Waals surface area contributed by atoms with Crippen molar-refractivity contribution >= 4 is 40.6 Å². The van der Waals surface area contributed by atoms with Gasteiger partial charge in [-0.2, -0.15) is 0 Å². The molecule has 2 rings (SSSR count). The molecule has 0 spiro atoms. The van der Waals surface area contributed by atoms with E-state index in [0.717, 1.165) is 29.5 Å². The van der Waals surface area contributed by atoms with E-state index in [2.05, 4.69) is 0 Å². The van der Waals surface area contributed by atoms with Crippen LogP contribution in [0.3, 0.4) is 0 Å². The van der Waals surface area contributed by atoms with Crippen LogP contribution < -0.4 is 0 Å². The van der Waals surface area contributed by atoms with Gasteiger partial charge in [-0.15, -0.1) is 23.1 Å². The predicted octanol–water partition coefficient (Wildman–Crippen LogP) is 2.62. The Morgan fingerprint density at radius 1 is 1.61 bits per heavy atom. The fourth-order valence-electron chi connectivity index (χ4n) is 2.11. The molecule has 1 N–H and O–H groups in total. The number of aliphatic hydroxyl groups excluding tert-OH is 1. The Bertz CT molecular complexity index is 411. The predicted molar refractivity (Wildman–Crippen MR) is 77.3 cm³/mol. The summed E-state index contributed by atoms with van der Waals surface area (Å²) in [5.74, 6) is 1.44. The van der Waals surface area contributed by atoms with Gasteiger partial charge in [-0.25, -0.2) is 0 Å². The summed E-state index contributed by atoms with van der Waals surface area (Å²) in [4.78, 5) is 15.0. The average molecular weight is 306 g/mol. The van der Waals surface area contributed by atoms with Gasteiger partial charge in [0.25, 0.3) is 0 Å². The summed E-state index contributed by atoms with van der Waals surface area (Å²) >= 11 is 9.01. The number of thioether (sulfide) groups is 1. The van der Waals surface area contributed by atoms with Gasteiger partial charge < -0.3 is 10.0 Å². The second kappa shape index (κ2) is 6.80. The van der Waals surface area contributed by atoms with Crippen LogP contribution >= 0.6 is 34.7 Å². The maximum atomic E-state index is 12.0. The summed E-state index contributed by atoms with van der Waals surface area (Å²) in [5.41, 5.74) is 0. The van der Waals surface area contributed by atoms with Crippen LogP contribution in [0.4, 0.5) is 0 Å². The molecule has 1 saturated heterocycles. The number of aliphatic hydroxyl groups is 1. The Hall–Kier alpha value is -0.230. The Balaban J connectivity index is 1.74. The molecule has 1 aliphatic heterocycles. The van der Waals surface area contributed by atoms with Gasteiger partial charge in [-0.3, -0.25) is 4.79 Å². The molecule has 1 amide bonds. The van der Waals surface area contributed by atoms with E-state index in [1.54, 1.807) is 23.1 Å². The Morgan fingerprint density at radius 3 is 3.11 bits per heavy atom. The molecule has 100 valence electrons. The van der Waals surface area contributed by atoms with E-state index in [4.69, 9.17) is 11.6 Å². The molecule has 1 fully saturated rings. The number of carbonyl (C=O) groups is 1. The van der Waals surface area contributed by atoms with Crippen molar-refractivity contribution in [1.82, 2.24) is 4.90 Å². The van der Waals surface area contributed by atoms with Crippen molar-refractivity contribution in [2.45, 2.75) is 24.6 Å². The van der Waals surface area contributed by atoms with E-state index in [-0.39, 0.29) is 18.6 Å². The third-order valence-corrected chi connectivity index (χ3v) is 5.39. The molecule has 1 atom stereocenters. The SMILES string of the molecule is O=C(CSCc1ccc(Cl)s1)N1CCC[C@H]1CO. The van der Waals surface area contributed by atoms with Gasteiger partial charge in [-0.1, -0.05) is 11.6 Å². The van der Waals surface area contributed by atoms with E-state index >= 15 is 0 Å². The number of amides is 1. The molecule has 18 heavy (non-hydrogen) atoms. The molecule has 2 heterocycles. The molecule has 0 aromatic carbocycles. The molecule has 0 bridgehead atoms. The molecule has 1 aliphatic rings. The van der Waals surface area contributed by atoms with Crippen LogP contribution in [-0.4, -0.2) is 40.9 Å². The van der Waals surface area contributed by atoms with Crippen molar-refractivity contribution in [3.63, 3.8) is 0 Å². The van der Waals surface area contributed by atoms with E-state index in [1.807, 2.05) is 17.0 Å². The summed E-state index contributed by atoms with van der Waals surface area (Å²) < 4.78 is 0.789. The zero-order valence-electron chi connectivity index (χ0n) is 9.97. The lowest BCUT2D eigenvalue weighted by molar-refractivity contribution is -0.129. The summed E-state index contributed by atoms with van der Waals surface area (Å²) in [5, 5.41) is 9.18. The number of likely N-dealkylation sites (tertiary alicyclic amines) is 1. The summed E-state index contributed by atoms with van der Waals surface area (Å²) in [6.07, 6.45) is 1.93. The Kier molecular flexibility index (Phi) is 5.36. The molecule has 0 radical (unpaired) electrons. The number of hydrogen-bond donors (Lipinski definition) is 1. The molecule has 0 unspecified atom stereocenters. The monoisotopic (exact) mass is 305 g/mol. The number of rotatable bonds is 5. The largest absolute Gasteiger partial charge is 0.394 e. The first kappa shape index (κ1) is 14.2. The zero-order chi connectivity index (χ0) is 13.0. The van der Waals surface area contributed by atoms with Crippen LogP contribution in [0.25, 0.3) is 0 Å². The minimum atomic E-state index is 0.0364. The van der Waals surface area contributed by atoms with Gasteiger partial charge in [-0.05, 0) is 25.0 Å². The molecular weight excluding hydrogens is 290 g/mol. The van der Waals surface area contributed by atoms with Crippen LogP contribution in [0.5, 0.6) is 0 Å². The number of carbonyl (C=O) groups excluding carboxylic acids is 1. The van der Waals surface area contributed by atoms with Crippen molar-refractivity contribution in [3.8, 4) is 0 Å². The second-order valence-electron chi connectivity index (χ2n) is 4.26. The standard InChI is InChI=1S/C12H16ClNO2S2/c13-11-4-3-10(18-11)7-17-8-12(16)14-5-1-2-9(14)6-15/h3-4,9,15H,1-2,5-8H2/t9-/m0/s1. The highest BCUT2D eigenvalue weighted by Gasteiger charge is 2.27. The van der Waals surface area contributed by atoms with Crippen LogP contribution in [0.2, 0.25) is 4.34 Å². The zero-order valence-corrected chi connectivity index (χ0v) is 12.4. The van der Waals surface area contributed by atoms with Crippen molar-refractivity contribution in [1.29, 1.82) is 0 Å². The quantitative estimate of drug-likeness (QED) is 0.909. The lowest BCUT2D eigenvalue weighted by atomic mass is 10.2. The number of halogens is 1. The maximum Gasteiger partial charge on any atom is 0.232 e. The van der Waals surface area contributed by atoms with Crippen LogP contribution in [0.1, 0.15) is 17.7 Å². The minimum absolute atomic E-state index is 0.0364. The molecule has 6 heteroatoms. The number of thiophene rings is 1. The minimum Gasteiger partial charge on any atom is -0.394 e. The summed E-state index contributed by atoms with van der Waals surface area (Å²) in [6, 6.07) is 3.91. The highest BCUT2D eigenvalue weighted by Crippen LogP contribution is 2.26. The van der Waals surface area contributed by atoms with Crippen molar-refractivity contribution in [3.05, 3.63) is 21.3 Å². The van der Waals surface area contributed by atoms with E-state index in [9.17, 15) is 9.90 Å². The number of hydrogen-bond acceptors (Lipinski definition) is 4. The fraction of sp³-hybridized carbons (Fsp3) is 0.583. The first-order valence-electron chi connectivity index (χ1n) is 5.93. The van der Waals surface area contributed by atoms with Crippen molar-refractivity contribution in [2.24, 2.45) is 0 Å². The summed E-state index contributed by atoms with van der Waals surface area (Å²) in [7, 11) is 0. The fourth-order valence-corrected chi connectivity index (χ4v) is 4.21. The lowest BCUT2D eigenvalue weighted by Gasteiger charge is -2.22. The van der Waals surface area contributed by atoms with Crippen molar-refractivity contribution < 1.29 is 9.90 Å². The first-order chi connectivity index (χ1) is 8.70. The topological polar surface area (TPSA) is 40.5 Å². The normalized spacial score (nSPS) is 19.4. The average Bonchev–Trinajstić information content (AvgIpc) is 2.97. The molecule has 1 aromatic heterocycles. The maximum absolute atomic E-state index is 12.0. The lowest BCUT2D eigenvalue weighted by Crippen LogP contribution is -2.38. The van der Waals surface area contributed by atoms with Gasteiger partial charge in [0, 0.05) is 17.2 Å². The van der Waals surface area contributed by atoms with Crippen LogP contribution in [-0.2, 0) is 10.5 Å². The molecule has 1 aromatic rings. The van der Waals surface area contributed by atoms with Gasteiger partial charge in [0.05, 0.1) is 22.7 Å². The van der Waals surface area contributed by atoms with Crippen LogP contribution in [0.15, 0.2) is 12.1 Å². The van der Waals surface area contributed by atoms with Crippen LogP contribution in [0, 0.1) is 0 Å². The Labute approximate surface area is 120 Å². The summed E-state index contributed by atoms with van der Waals surface area (Å²) in [6.45, 7) is 0.867. The van der Waals surface area contributed by atoms with E-state index in [0.29, 0.717) is 5.75 Å².